The van der Waals surface area contributed by atoms with Crippen molar-refractivity contribution < 1.29 is 28.4 Å². The van der Waals surface area contributed by atoms with Crippen molar-refractivity contribution in [3.8, 4) is 85.3 Å². The van der Waals surface area contributed by atoms with Gasteiger partial charge in [0.1, 0.15) is 51.6 Å². The van der Waals surface area contributed by atoms with Crippen molar-refractivity contribution in [1.29, 1.82) is 0 Å². The fraction of sp³-hybridized carbons (Fsp3) is 0.0714. The highest BCUT2D eigenvalue weighted by atomic mass is 16.5. The number of rotatable bonds is 24. The third kappa shape index (κ3) is 13.8. The molecule has 15 aromatic rings. The van der Waals surface area contributed by atoms with Crippen molar-refractivity contribution in [3.05, 3.63) is 310 Å². The summed E-state index contributed by atoms with van der Waals surface area (Å²) in [6.45, 7) is 0. The van der Waals surface area contributed by atoms with Crippen molar-refractivity contribution in [3.63, 3.8) is 0 Å². The van der Waals surface area contributed by atoms with E-state index >= 15 is 0 Å². The zero-order chi connectivity index (χ0) is 70.2. The molecule has 0 aliphatic rings. The standard InChI is InChI=1S/C84H69N13O6/c1-98-76-43-31-70(32-44-76)95(71-33-45-77(99-2)46-34-71)67-25-19-61(20-26-67)91-55-82(85-88-91)58-7-13-64(14-8-58)94(65-15-9-59(10-16-65)83-56-92(89-86-83)62-21-27-68(28-22-62)96(72-35-47-78(100-3)48-36-72)73-37-49-79(101-4)50-38-73)66-17-11-60(12-18-66)84-57-93(90-87-84)63-23-29-69(30-24-63)97(74-39-51-80(102-5)52-40-74)75-41-53-81(103-6)54-42-75/h7-57H,1-6H3. The molecule has 15 rings (SSSR count). The number of hydrogen-bond acceptors (Lipinski definition) is 16. The van der Waals surface area contributed by atoms with Crippen LogP contribution in [0.5, 0.6) is 34.5 Å². The van der Waals surface area contributed by atoms with Gasteiger partial charge in [0.15, 0.2) is 0 Å². The van der Waals surface area contributed by atoms with Crippen LogP contribution in [0.15, 0.2) is 310 Å². The van der Waals surface area contributed by atoms with Gasteiger partial charge < -0.3 is 48.0 Å². The summed E-state index contributed by atoms with van der Waals surface area (Å²) in [6, 6.07) is 97.8. The summed E-state index contributed by atoms with van der Waals surface area (Å²) >= 11 is 0. The molecule has 0 radical (unpaired) electrons. The summed E-state index contributed by atoms with van der Waals surface area (Å²) in [5.41, 5.74) is 18.9. The fourth-order valence-corrected chi connectivity index (χ4v) is 12.4. The summed E-state index contributed by atoms with van der Waals surface area (Å²) in [5, 5.41) is 27.8. The van der Waals surface area contributed by atoms with Crippen LogP contribution in [0, 0.1) is 0 Å². The lowest BCUT2D eigenvalue weighted by Gasteiger charge is -2.26. The van der Waals surface area contributed by atoms with Crippen LogP contribution in [0.2, 0.25) is 0 Å². The van der Waals surface area contributed by atoms with Gasteiger partial charge in [-0.2, -0.15) is 0 Å². The van der Waals surface area contributed by atoms with E-state index in [0.717, 1.165) is 154 Å². The first-order valence-corrected chi connectivity index (χ1v) is 33.1. The van der Waals surface area contributed by atoms with Gasteiger partial charge in [0.05, 0.1) is 78.3 Å². The van der Waals surface area contributed by atoms with Crippen LogP contribution in [0.4, 0.5) is 68.2 Å². The average molecular weight is 1360 g/mol. The first kappa shape index (κ1) is 65.0. The minimum atomic E-state index is 0.718. The van der Waals surface area contributed by atoms with Crippen molar-refractivity contribution in [2.75, 3.05) is 62.3 Å². The Kier molecular flexibility index (Phi) is 18.5. The average Bonchev–Trinajstić information content (AvgIpc) is 1.77. The maximum absolute atomic E-state index is 5.48. The molecule has 0 bridgehead atoms. The number of ether oxygens (including phenoxy) is 6. The van der Waals surface area contributed by atoms with E-state index in [1.54, 1.807) is 56.7 Å². The lowest BCUT2D eigenvalue weighted by Crippen LogP contribution is -2.10. The molecule has 0 atom stereocenters. The van der Waals surface area contributed by atoms with Crippen molar-refractivity contribution in [2.45, 2.75) is 0 Å². The summed E-state index contributed by atoms with van der Waals surface area (Å²) in [5.74, 6) is 4.67. The number of nitrogens with zero attached hydrogens (tertiary/aromatic N) is 13. The fourth-order valence-electron chi connectivity index (χ4n) is 12.4. The SMILES string of the molecule is COc1ccc(N(c2ccc(OC)cc2)c2ccc(-n3cc(-c4ccc(N(c5ccc(-c6cn(-c7ccc(N(c8ccc(OC)cc8)c8ccc(OC)cc8)cc7)nn6)cc5)c5ccc(-c6cn(-c7ccc(N(c8ccc(OC)cc8)c8ccc(OC)cc8)cc7)nn6)cc5)cc4)nn3)cc2)cc1. The number of anilines is 12. The lowest BCUT2D eigenvalue weighted by atomic mass is 10.1. The summed E-state index contributed by atoms with van der Waals surface area (Å²) in [6.07, 6.45) is 5.84. The quantitative estimate of drug-likeness (QED) is 0.0561. The predicted octanol–water partition coefficient (Wildman–Crippen LogP) is 19.4. The minimum Gasteiger partial charge on any atom is -0.497 e. The minimum absolute atomic E-state index is 0.718. The smallest absolute Gasteiger partial charge is 0.119 e. The summed E-state index contributed by atoms with van der Waals surface area (Å²) in [4.78, 5) is 8.76. The van der Waals surface area contributed by atoms with E-state index in [1.807, 2.05) is 201 Å². The predicted molar refractivity (Wildman–Crippen MR) is 406 cm³/mol. The van der Waals surface area contributed by atoms with Crippen LogP contribution in [-0.4, -0.2) is 87.6 Å². The monoisotopic (exact) mass is 1360 g/mol. The molecule has 0 aliphatic carbocycles. The van der Waals surface area contributed by atoms with E-state index in [9.17, 15) is 0 Å². The maximum Gasteiger partial charge on any atom is 0.119 e. The van der Waals surface area contributed by atoms with Crippen LogP contribution < -0.4 is 48.0 Å². The van der Waals surface area contributed by atoms with Gasteiger partial charge in [-0.25, -0.2) is 14.0 Å². The molecule has 0 fully saturated rings. The van der Waals surface area contributed by atoms with Crippen molar-refractivity contribution in [1.82, 2.24) is 45.0 Å². The van der Waals surface area contributed by atoms with Gasteiger partial charge in [-0.1, -0.05) is 52.0 Å². The van der Waals surface area contributed by atoms with Gasteiger partial charge in [-0.05, 0) is 255 Å². The van der Waals surface area contributed by atoms with Crippen LogP contribution in [-0.2, 0) is 0 Å². The van der Waals surface area contributed by atoms with Crippen LogP contribution in [0.1, 0.15) is 0 Å². The first-order valence-electron chi connectivity index (χ1n) is 33.1. The molecular weight excluding hydrogens is 1290 g/mol. The van der Waals surface area contributed by atoms with E-state index in [-0.39, 0.29) is 0 Å². The third-order valence-electron chi connectivity index (χ3n) is 17.8. The Morgan fingerprint density at radius 2 is 0.340 bits per heavy atom. The van der Waals surface area contributed by atoms with Gasteiger partial charge in [0.2, 0.25) is 0 Å². The van der Waals surface area contributed by atoms with Gasteiger partial charge in [-0.15, -0.1) is 15.3 Å². The van der Waals surface area contributed by atoms with Gasteiger partial charge in [0.25, 0.3) is 0 Å². The summed E-state index contributed by atoms with van der Waals surface area (Å²) < 4.78 is 38.3. The molecule has 12 aromatic carbocycles. The lowest BCUT2D eigenvalue weighted by molar-refractivity contribution is 0.414. The molecule has 3 aromatic heterocycles. The third-order valence-corrected chi connectivity index (χ3v) is 17.8. The van der Waals surface area contributed by atoms with Crippen molar-refractivity contribution >= 4 is 68.2 Å². The number of hydrogen-bond donors (Lipinski definition) is 0. The Morgan fingerprint density at radius 1 is 0.194 bits per heavy atom. The van der Waals surface area contributed by atoms with E-state index in [1.165, 1.54) is 0 Å². The van der Waals surface area contributed by atoms with E-state index in [2.05, 4.69) is 160 Å². The van der Waals surface area contributed by atoms with Crippen molar-refractivity contribution in [2.24, 2.45) is 0 Å². The highest BCUT2D eigenvalue weighted by Crippen LogP contribution is 2.42. The van der Waals surface area contributed by atoms with E-state index in [0.29, 0.717) is 0 Å². The molecule has 3 heterocycles. The molecule has 0 aliphatic heterocycles. The molecule has 0 saturated heterocycles. The molecular formula is C84H69N13O6. The first-order chi connectivity index (χ1) is 50.7. The molecule has 19 heteroatoms. The van der Waals surface area contributed by atoms with Gasteiger partial charge >= 0.3 is 0 Å². The molecule has 19 nitrogen and oxygen atoms in total. The molecule has 0 unspecified atom stereocenters. The Morgan fingerprint density at radius 3 is 0.495 bits per heavy atom. The molecule has 0 saturated carbocycles. The largest absolute Gasteiger partial charge is 0.497 e. The molecule has 0 N–H and O–H groups in total. The second-order valence-corrected chi connectivity index (χ2v) is 23.9. The topological polar surface area (TPSA) is 160 Å². The molecule has 506 valence electrons. The second-order valence-electron chi connectivity index (χ2n) is 23.9. The number of aromatic nitrogens is 9. The van der Waals surface area contributed by atoms with Gasteiger partial charge in [0, 0.05) is 84.9 Å². The molecule has 0 amide bonds. The highest BCUT2D eigenvalue weighted by Gasteiger charge is 2.21. The van der Waals surface area contributed by atoms with Crippen LogP contribution >= 0.6 is 0 Å². The second kappa shape index (κ2) is 29.2. The number of methoxy groups -OCH3 is 6. The Hall–Kier alpha value is -13.9. The zero-order valence-electron chi connectivity index (χ0n) is 57.2. The zero-order valence-corrected chi connectivity index (χ0v) is 57.2. The Bertz CT molecular complexity index is 4620. The maximum atomic E-state index is 5.48. The van der Waals surface area contributed by atoms with Crippen LogP contribution in [0.25, 0.3) is 50.8 Å². The number of benzene rings is 12. The molecule has 0 spiro atoms. The van der Waals surface area contributed by atoms with Gasteiger partial charge in [-0.3, -0.25) is 0 Å². The van der Waals surface area contributed by atoms with E-state index < -0.39 is 0 Å². The summed E-state index contributed by atoms with van der Waals surface area (Å²) in [7, 11) is 10.0. The Labute approximate surface area is 596 Å². The Balaban J connectivity index is 0.701. The van der Waals surface area contributed by atoms with E-state index in [4.69, 9.17) is 28.4 Å². The highest BCUT2D eigenvalue weighted by molar-refractivity contribution is 5.83. The molecule has 103 heavy (non-hydrogen) atoms. The normalized spacial score (nSPS) is 11.0. The van der Waals surface area contributed by atoms with Crippen LogP contribution in [0.3, 0.4) is 0 Å².